The van der Waals surface area contributed by atoms with Crippen molar-refractivity contribution in [1.82, 2.24) is 0 Å². The van der Waals surface area contributed by atoms with E-state index in [0.29, 0.717) is 24.3 Å². The van der Waals surface area contributed by atoms with Gasteiger partial charge in [0.15, 0.2) is 5.60 Å². The van der Waals surface area contributed by atoms with Crippen LogP contribution in [0.1, 0.15) is 17.5 Å². The second-order valence-electron chi connectivity index (χ2n) is 5.40. The van der Waals surface area contributed by atoms with Crippen molar-refractivity contribution in [3.63, 3.8) is 0 Å². The molecule has 2 aromatic rings. The van der Waals surface area contributed by atoms with Gasteiger partial charge >= 0.3 is 18.3 Å². The van der Waals surface area contributed by atoms with Gasteiger partial charge in [0.2, 0.25) is 0 Å². The number of aliphatic hydroxyl groups is 1. The molecule has 0 fully saturated rings. The van der Waals surface area contributed by atoms with Gasteiger partial charge in [0.25, 0.3) is 0 Å². The number of hydrogen-bond donors (Lipinski definition) is 1. The van der Waals surface area contributed by atoms with E-state index in [1.165, 1.54) is 24.3 Å². The lowest BCUT2D eigenvalue weighted by Crippen LogP contribution is -2.44. The molecule has 9 heteroatoms. The van der Waals surface area contributed by atoms with E-state index >= 15 is 0 Å². The molecule has 3 nitrogen and oxygen atoms in total. The molecule has 2 rings (SSSR count). The summed E-state index contributed by atoms with van der Waals surface area (Å²) in [6.45, 7) is 0. The average molecular weight is 378 g/mol. The summed E-state index contributed by atoms with van der Waals surface area (Å²) >= 11 is 0. The summed E-state index contributed by atoms with van der Waals surface area (Å²) in [5.74, 6) is -1.43. The SMILES string of the molecule is O=C(CC(O)(c1ccc(C(F)(F)F)cc1)C(F)(F)F)Oc1ccccc1. The molecule has 0 bridgehead atoms. The Kier molecular flexibility index (Phi) is 5.31. The van der Waals surface area contributed by atoms with Crippen LogP contribution in [0.25, 0.3) is 0 Å². The molecule has 0 aliphatic heterocycles. The molecule has 26 heavy (non-hydrogen) atoms. The van der Waals surface area contributed by atoms with E-state index in [-0.39, 0.29) is 5.75 Å². The van der Waals surface area contributed by atoms with Gasteiger partial charge in [-0.1, -0.05) is 30.3 Å². The predicted molar refractivity (Wildman–Crippen MR) is 78.1 cm³/mol. The molecule has 1 N–H and O–H groups in total. The molecular weight excluding hydrogens is 366 g/mol. The molecule has 1 unspecified atom stereocenters. The summed E-state index contributed by atoms with van der Waals surface area (Å²) in [7, 11) is 0. The lowest BCUT2D eigenvalue weighted by Gasteiger charge is -2.30. The summed E-state index contributed by atoms with van der Waals surface area (Å²) in [6.07, 6.45) is -11.6. The molecule has 2 aromatic carbocycles. The maximum Gasteiger partial charge on any atom is 0.422 e. The Morgan fingerprint density at radius 3 is 1.81 bits per heavy atom. The smallest absolute Gasteiger partial charge is 0.422 e. The van der Waals surface area contributed by atoms with Gasteiger partial charge in [0, 0.05) is 0 Å². The fourth-order valence-corrected chi connectivity index (χ4v) is 2.17. The number of para-hydroxylation sites is 1. The van der Waals surface area contributed by atoms with Gasteiger partial charge in [-0.25, -0.2) is 0 Å². The van der Waals surface area contributed by atoms with Gasteiger partial charge in [-0.05, 0) is 29.8 Å². The van der Waals surface area contributed by atoms with Crippen molar-refractivity contribution in [2.75, 3.05) is 0 Å². The Labute approximate surface area is 143 Å². The molecule has 0 aromatic heterocycles. The van der Waals surface area contributed by atoms with E-state index in [4.69, 9.17) is 4.74 Å². The fourth-order valence-electron chi connectivity index (χ4n) is 2.17. The molecule has 0 heterocycles. The van der Waals surface area contributed by atoms with Crippen LogP contribution in [0.3, 0.4) is 0 Å². The summed E-state index contributed by atoms with van der Waals surface area (Å²) in [6, 6.07) is 8.95. The van der Waals surface area contributed by atoms with Crippen LogP contribution in [0.5, 0.6) is 5.75 Å². The molecule has 0 aliphatic rings. The van der Waals surface area contributed by atoms with E-state index in [9.17, 15) is 36.2 Å². The van der Waals surface area contributed by atoms with Crippen LogP contribution in [0.4, 0.5) is 26.3 Å². The Morgan fingerprint density at radius 1 is 0.846 bits per heavy atom. The zero-order chi connectivity index (χ0) is 19.6. The number of ether oxygens (including phenoxy) is 1. The third-order valence-electron chi connectivity index (χ3n) is 3.53. The molecule has 1 atom stereocenters. The average Bonchev–Trinajstić information content (AvgIpc) is 2.54. The maximum absolute atomic E-state index is 13.3. The Hall–Kier alpha value is -2.55. The van der Waals surface area contributed by atoms with Crippen molar-refractivity contribution in [3.05, 3.63) is 65.7 Å². The number of halogens is 6. The van der Waals surface area contributed by atoms with E-state index in [2.05, 4.69) is 0 Å². The number of hydrogen-bond acceptors (Lipinski definition) is 3. The second kappa shape index (κ2) is 6.99. The summed E-state index contributed by atoms with van der Waals surface area (Å²) < 4.78 is 82.4. The Balaban J connectivity index is 2.29. The number of rotatable bonds is 4. The monoisotopic (exact) mass is 378 g/mol. The van der Waals surface area contributed by atoms with Crippen molar-refractivity contribution in [1.29, 1.82) is 0 Å². The summed E-state index contributed by atoms with van der Waals surface area (Å²) in [5, 5.41) is 10.1. The predicted octanol–water partition coefficient (Wildman–Crippen LogP) is 4.45. The Morgan fingerprint density at radius 2 is 1.35 bits per heavy atom. The highest BCUT2D eigenvalue weighted by Crippen LogP contribution is 2.42. The molecule has 0 saturated carbocycles. The largest absolute Gasteiger partial charge is 0.426 e. The second-order valence-corrected chi connectivity index (χ2v) is 5.40. The van der Waals surface area contributed by atoms with Crippen molar-refractivity contribution in [2.24, 2.45) is 0 Å². The first-order valence-electron chi connectivity index (χ1n) is 7.16. The van der Waals surface area contributed by atoms with Gasteiger partial charge in [-0.2, -0.15) is 26.3 Å². The standard InChI is InChI=1S/C17H12F6O3/c18-16(19,20)12-8-6-11(7-9-12)15(25,17(21,22)23)10-14(24)26-13-4-2-1-3-5-13/h1-9,25H,10H2. The first-order chi connectivity index (χ1) is 11.9. The van der Waals surface area contributed by atoms with E-state index in [1.54, 1.807) is 6.07 Å². The number of alkyl halides is 6. The van der Waals surface area contributed by atoms with Gasteiger partial charge in [-0.3, -0.25) is 4.79 Å². The highest BCUT2D eigenvalue weighted by molar-refractivity contribution is 5.74. The van der Waals surface area contributed by atoms with Crippen LogP contribution in [0, 0.1) is 0 Å². The van der Waals surface area contributed by atoms with Crippen LogP contribution in [-0.2, 0) is 16.6 Å². The van der Waals surface area contributed by atoms with Crippen LogP contribution in [0.15, 0.2) is 54.6 Å². The highest BCUT2D eigenvalue weighted by atomic mass is 19.4. The van der Waals surface area contributed by atoms with Crippen molar-refractivity contribution in [3.8, 4) is 5.75 Å². The zero-order valence-corrected chi connectivity index (χ0v) is 12.9. The quantitative estimate of drug-likeness (QED) is 0.486. The fraction of sp³-hybridized carbons (Fsp3) is 0.235. The van der Waals surface area contributed by atoms with Crippen LogP contribution < -0.4 is 4.74 Å². The van der Waals surface area contributed by atoms with E-state index in [1.807, 2.05) is 0 Å². The highest BCUT2D eigenvalue weighted by Gasteiger charge is 2.56. The van der Waals surface area contributed by atoms with Crippen LogP contribution >= 0.6 is 0 Å². The maximum atomic E-state index is 13.3. The number of benzene rings is 2. The minimum Gasteiger partial charge on any atom is -0.426 e. The van der Waals surface area contributed by atoms with Crippen LogP contribution in [-0.4, -0.2) is 17.3 Å². The minimum atomic E-state index is -5.32. The lowest BCUT2D eigenvalue weighted by atomic mass is 9.89. The van der Waals surface area contributed by atoms with Crippen molar-refractivity contribution < 1.29 is 41.0 Å². The minimum absolute atomic E-state index is 0.0329. The third kappa shape index (κ3) is 4.34. The van der Waals surface area contributed by atoms with Crippen molar-refractivity contribution >= 4 is 5.97 Å². The van der Waals surface area contributed by atoms with E-state index < -0.39 is 41.5 Å². The van der Waals surface area contributed by atoms with Crippen molar-refractivity contribution in [2.45, 2.75) is 24.4 Å². The molecule has 0 radical (unpaired) electrons. The first kappa shape index (κ1) is 19.8. The molecule has 0 amide bonds. The molecular formula is C17H12F6O3. The topological polar surface area (TPSA) is 46.5 Å². The van der Waals surface area contributed by atoms with Gasteiger partial charge in [0.1, 0.15) is 5.75 Å². The molecule has 140 valence electrons. The first-order valence-corrected chi connectivity index (χ1v) is 7.16. The lowest BCUT2D eigenvalue weighted by molar-refractivity contribution is -0.268. The molecule has 0 aliphatic carbocycles. The van der Waals surface area contributed by atoms with E-state index in [0.717, 1.165) is 0 Å². The van der Waals surface area contributed by atoms with Gasteiger partial charge < -0.3 is 9.84 Å². The van der Waals surface area contributed by atoms with Crippen LogP contribution in [0.2, 0.25) is 0 Å². The molecule has 0 saturated heterocycles. The summed E-state index contributed by atoms with van der Waals surface area (Å²) in [5.41, 5.74) is -5.77. The number of carbonyl (C=O) groups is 1. The normalized spacial score (nSPS) is 14.6. The van der Waals surface area contributed by atoms with Gasteiger partial charge in [0.05, 0.1) is 12.0 Å². The zero-order valence-electron chi connectivity index (χ0n) is 12.9. The summed E-state index contributed by atoms with van der Waals surface area (Å²) in [4.78, 5) is 11.8. The Bertz CT molecular complexity index is 753. The number of carbonyl (C=O) groups excluding carboxylic acids is 1. The molecule has 0 spiro atoms. The van der Waals surface area contributed by atoms with Gasteiger partial charge in [-0.15, -0.1) is 0 Å². The number of esters is 1. The third-order valence-corrected chi connectivity index (χ3v) is 3.53.